The Labute approximate surface area is 171 Å². The lowest BCUT2D eigenvalue weighted by Gasteiger charge is -2.35. The van der Waals surface area contributed by atoms with Gasteiger partial charge in [-0.1, -0.05) is 12.1 Å². The Balaban J connectivity index is 1.27. The van der Waals surface area contributed by atoms with Gasteiger partial charge in [-0.25, -0.2) is 0 Å². The molecule has 1 aliphatic heterocycles. The molecule has 2 fully saturated rings. The monoisotopic (exact) mass is 399 g/mol. The molecule has 150 valence electrons. The summed E-state index contributed by atoms with van der Waals surface area (Å²) in [6.45, 7) is 6.27. The molecule has 0 radical (unpaired) electrons. The van der Waals surface area contributed by atoms with Crippen LogP contribution in [0.15, 0.2) is 41.1 Å². The van der Waals surface area contributed by atoms with E-state index in [1.165, 1.54) is 11.1 Å². The molecule has 5 nitrogen and oxygen atoms in total. The predicted octanol–water partition coefficient (Wildman–Crippen LogP) is 3.07. The minimum atomic E-state index is 0.268. The molecule has 0 bridgehead atoms. The number of hydrogen-bond donors (Lipinski definition) is 0. The number of amides is 1. The molecule has 0 N–H and O–H groups in total. The topological polar surface area (TPSA) is 36.0 Å². The van der Waals surface area contributed by atoms with Crippen molar-refractivity contribution in [3.63, 3.8) is 0 Å². The molecule has 0 unspecified atom stereocenters. The van der Waals surface area contributed by atoms with Crippen LogP contribution in [-0.4, -0.2) is 66.5 Å². The highest BCUT2D eigenvalue weighted by molar-refractivity contribution is 7.07. The van der Waals surface area contributed by atoms with Crippen molar-refractivity contribution in [2.45, 2.75) is 32.0 Å². The van der Waals surface area contributed by atoms with E-state index in [0.29, 0.717) is 19.1 Å². The zero-order valence-electron chi connectivity index (χ0n) is 16.5. The molecule has 2 aromatic rings. The van der Waals surface area contributed by atoms with Gasteiger partial charge in [-0.15, -0.1) is 0 Å². The third-order valence-corrected chi connectivity index (χ3v) is 6.36. The maximum Gasteiger partial charge on any atom is 0.237 e. The molecule has 4 rings (SSSR count). The van der Waals surface area contributed by atoms with Crippen LogP contribution in [0, 0.1) is 0 Å². The quantitative estimate of drug-likeness (QED) is 0.684. The first-order valence-corrected chi connectivity index (χ1v) is 11.0. The second-order valence-electron chi connectivity index (χ2n) is 7.78. The van der Waals surface area contributed by atoms with Crippen LogP contribution in [0.25, 0.3) is 0 Å². The summed E-state index contributed by atoms with van der Waals surface area (Å²) in [6, 6.07) is 10.7. The first kappa shape index (κ1) is 19.4. The number of hydrogen-bond acceptors (Lipinski definition) is 5. The number of piperazine rings is 1. The number of methoxy groups -OCH3 is 1. The number of nitrogens with zero attached hydrogens (tertiary/aromatic N) is 3. The summed E-state index contributed by atoms with van der Waals surface area (Å²) in [7, 11) is 1.68. The van der Waals surface area contributed by atoms with Crippen LogP contribution in [0.5, 0.6) is 5.75 Å². The van der Waals surface area contributed by atoms with Crippen LogP contribution in [-0.2, 0) is 17.9 Å². The van der Waals surface area contributed by atoms with Crippen molar-refractivity contribution in [2.75, 3.05) is 39.8 Å². The molecule has 1 amide bonds. The molecule has 28 heavy (non-hydrogen) atoms. The van der Waals surface area contributed by atoms with Gasteiger partial charge < -0.3 is 9.64 Å². The van der Waals surface area contributed by atoms with Crippen LogP contribution in [0.1, 0.15) is 24.0 Å². The molecule has 1 saturated heterocycles. The average molecular weight is 400 g/mol. The summed E-state index contributed by atoms with van der Waals surface area (Å²) in [5.74, 6) is 1.12. The first-order valence-electron chi connectivity index (χ1n) is 10.1. The maximum atomic E-state index is 13.0. The van der Waals surface area contributed by atoms with Crippen molar-refractivity contribution in [3.05, 3.63) is 52.2 Å². The third kappa shape index (κ3) is 5.13. The highest BCUT2D eigenvalue weighted by Crippen LogP contribution is 2.29. The SMILES string of the molecule is COc1ccc(CN(C(=O)CN2CCN(Cc3ccsc3)CC2)C2CC2)cc1. The van der Waals surface area contributed by atoms with E-state index in [1.54, 1.807) is 18.4 Å². The Morgan fingerprint density at radius 3 is 2.39 bits per heavy atom. The van der Waals surface area contributed by atoms with Gasteiger partial charge in [0.25, 0.3) is 0 Å². The minimum Gasteiger partial charge on any atom is -0.497 e. The molecule has 2 heterocycles. The minimum absolute atomic E-state index is 0.268. The Bertz CT molecular complexity index is 751. The third-order valence-electron chi connectivity index (χ3n) is 5.63. The van der Waals surface area contributed by atoms with E-state index in [-0.39, 0.29) is 5.91 Å². The Morgan fingerprint density at radius 1 is 1.07 bits per heavy atom. The molecule has 1 saturated carbocycles. The molecule has 1 aromatic heterocycles. The maximum absolute atomic E-state index is 13.0. The summed E-state index contributed by atoms with van der Waals surface area (Å²) in [4.78, 5) is 19.9. The van der Waals surface area contributed by atoms with Gasteiger partial charge in [0, 0.05) is 45.3 Å². The van der Waals surface area contributed by atoms with E-state index in [0.717, 1.165) is 51.3 Å². The van der Waals surface area contributed by atoms with Crippen molar-refractivity contribution in [1.29, 1.82) is 0 Å². The Hall–Kier alpha value is -1.89. The molecular weight excluding hydrogens is 370 g/mol. The molecule has 2 aliphatic rings. The molecule has 6 heteroatoms. The average Bonchev–Trinajstić information content (AvgIpc) is 3.44. The predicted molar refractivity (Wildman–Crippen MR) is 113 cm³/mol. The first-order chi connectivity index (χ1) is 13.7. The molecule has 1 aliphatic carbocycles. The van der Waals surface area contributed by atoms with Gasteiger partial charge in [-0.2, -0.15) is 11.3 Å². The molecular formula is C22H29N3O2S. The largest absolute Gasteiger partial charge is 0.497 e. The zero-order valence-corrected chi connectivity index (χ0v) is 17.4. The second kappa shape index (κ2) is 9.07. The number of carbonyl (C=O) groups excluding carboxylic acids is 1. The van der Waals surface area contributed by atoms with Crippen molar-refractivity contribution in [2.24, 2.45) is 0 Å². The van der Waals surface area contributed by atoms with Crippen molar-refractivity contribution in [1.82, 2.24) is 14.7 Å². The van der Waals surface area contributed by atoms with Crippen molar-refractivity contribution < 1.29 is 9.53 Å². The van der Waals surface area contributed by atoms with Crippen LogP contribution < -0.4 is 4.74 Å². The summed E-state index contributed by atoms with van der Waals surface area (Å²) in [5, 5.41) is 4.36. The zero-order chi connectivity index (χ0) is 19.3. The molecule has 0 spiro atoms. The lowest BCUT2D eigenvalue weighted by Crippen LogP contribution is -2.49. The fourth-order valence-electron chi connectivity index (χ4n) is 3.76. The number of ether oxygens (including phenoxy) is 1. The normalized spacial score (nSPS) is 18.2. The fraction of sp³-hybridized carbons (Fsp3) is 0.500. The summed E-state index contributed by atoms with van der Waals surface area (Å²) in [6.07, 6.45) is 2.27. The van der Waals surface area contributed by atoms with Crippen LogP contribution in [0.3, 0.4) is 0 Å². The van der Waals surface area contributed by atoms with Crippen molar-refractivity contribution >= 4 is 17.2 Å². The lowest BCUT2D eigenvalue weighted by molar-refractivity contribution is -0.134. The number of benzene rings is 1. The smallest absolute Gasteiger partial charge is 0.237 e. The van der Waals surface area contributed by atoms with Gasteiger partial charge in [0.1, 0.15) is 5.75 Å². The van der Waals surface area contributed by atoms with Gasteiger partial charge in [-0.05, 0) is 52.9 Å². The summed E-state index contributed by atoms with van der Waals surface area (Å²) < 4.78 is 5.23. The van der Waals surface area contributed by atoms with Crippen LogP contribution in [0.4, 0.5) is 0 Å². The van der Waals surface area contributed by atoms with E-state index >= 15 is 0 Å². The highest BCUT2D eigenvalue weighted by atomic mass is 32.1. The van der Waals surface area contributed by atoms with E-state index in [2.05, 4.69) is 43.7 Å². The Morgan fingerprint density at radius 2 is 1.79 bits per heavy atom. The number of carbonyl (C=O) groups is 1. The lowest BCUT2D eigenvalue weighted by atomic mass is 10.2. The molecule has 0 atom stereocenters. The van der Waals surface area contributed by atoms with E-state index < -0.39 is 0 Å². The molecule has 1 aromatic carbocycles. The number of thiophene rings is 1. The number of rotatable bonds is 8. The van der Waals surface area contributed by atoms with Gasteiger partial charge in [0.05, 0.1) is 13.7 Å². The van der Waals surface area contributed by atoms with Gasteiger partial charge in [0.2, 0.25) is 5.91 Å². The summed E-state index contributed by atoms with van der Waals surface area (Å²) >= 11 is 1.76. The van der Waals surface area contributed by atoms with E-state index in [4.69, 9.17) is 4.74 Å². The highest BCUT2D eigenvalue weighted by Gasteiger charge is 2.33. The second-order valence-corrected chi connectivity index (χ2v) is 8.56. The van der Waals surface area contributed by atoms with E-state index in [9.17, 15) is 4.79 Å². The van der Waals surface area contributed by atoms with E-state index in [1.807, 2.05) is 12.1 Å². The van der Waals surface area contributed by atoms with Crippen LogP contribution >= 0.6 is 11.3 Å². The van der Waals surface area contributed by atoms with Gasteiger partial charge in [-0.3, -0.25) is 14.6 Å². The van der Waals surface area contributed by atoms with Crippen molar-refractivity contribution in [3.8, 4) is 5.75 Å². The van der Waals surface area contributed by atoms with Gasteiger partial charge in [0.15, 0.2) is 0 Å². The fourth-order valence-corrected chi connectivity index (χ4v) is 4.42. The van der Waals surface area contributed by atoms with Crippen LogP contribution in [0.2, 0.25) is 0 Å². The summed E-state index contributed by atoms with van der Waals surface area (Å²) in [5.41, 5.74) is 2.57. The Kier molecular flexibility index (Phi) is 6.29. The van der Waals surface area contributed by atoms with Gasteiger partial charge >= 0.3 is 0 Å². The standard InChI is InChI=1S/C22H29N3O2S/c1-27-21-6-2-18(3-7-21)15-25(20-4-5-20)22(26)16-24-11-9-23(10-12-24)14-19-8-13-28-17-19/h2-3,6-8,13,17,20H,4-5,9-12,14-16H2,1H3.